The third-order valence-electron chi connectivity index (χ3n) is 4.74. The Labute approximate surface area is 147 Å². The number of esters is 2. The van der Waals surface area contributed by atoms with Crippen molar-refractivity contribution in [2.45, 2.75) is 32.6 Å². The lowest BCUT2D eigenvalue weighted by atomic mass is 9.97. The molecule has 6 heteroatoms. The van der Waals surface area contributed by atoms with Gasteiger partial charge in [0.05, 0.1) is 13.0 Å². The van der Waals surface area contributed by atoms with E-state index in [2.05, 4.69) is 0 Å². The van der Waals surface area contributed by atoms with Crippen LogP contribution in [0.1, 0.15) is 41.6 Å². The molecule has 1 heterocycles. The van der Waals surface area contributed by atoms with Crippen LogP contribution in [0.2, 0.25) is 0 Å². The molecule has 1 aromatic carbocycles. The first-order chi connectivity index (χ1) is 12.0. The number of ether oxygens (including phenoxy) is 2. The Hall–Kier alpha value is -2.37. The molecule has 134 valence electrons. The molecule has 3 rings (SSSR count). The van der Waals surface area contributed by atoms with Crippen LogP contribution in [0.4, 0.5) is 0 Å². The van der Waals surface area contributed by atoms with Crippen LogP contribution in [0.5, 0.6) is 5.75 Å². The molecule has 1 aliphatic heterocycles. The van der Waals surface area contributed by atoms with E-state index in [0.29, 0.717) is 19.5 Å². The molecule has 1 saturated carbocycles. The van der Waals surface area contributed by atoms with E-state index in [1.165, 1.54) is 7.11 Å². The maximum Gasteiger partial charge on any atom is 0.341 e. The molecule has 25 heavy (non-hydrogen) atoms. The van der Waals surface area contributed by atoms with Gasteiger partial charge in [-0.05, 0) is 50.3 Å². The first-order valence-electron chi connectivity index (χ1n) is 8.69. The average molecular weight is 345 g/mol. The normalized spacial score (nSPS) is 20.1. The van der Waals surface area contributed by atoms with Crippen molar-refractivity contribution in [2.24, 2.45) is 11.8 Å². The van der Waals surface area contributed by atoms with E-state index in [1.807, 2.05) is 6.92 Å². The number of piperidine rings is 1. The number of carbonyl (C=O) groups is 3. The molecule has 0 radical (unpaired) electrons. The van der Waals surface area contributed by atoms with Crippen molar-refractivity contribution in [3.63, 3.8) is 0 Å². The number of amides is 1. The van der Waals surface area contributed by atoms with Gasteiger partial charge in [-0.25, -0.2) is 4.79 Å². The molecule has 1 amide bonds. The molecule has 2 aliphatic rings. The Kier molecular flexibility index (Phi) is 5.06. The number of aryl methyl sites for hydroxylation is 1. The van der Waals surface area contributed by atoms with Gasteiger partial charge >= 0.3 is 11.9 Å². The van der Waals surface area contributed by atoms with E-state index in [4.69, 9.17) is 9.47 Å². The summed E-state index contributed by atoms with van der Waals surface area (Å²) >= 11 is 0. The van der Waals surface area contributed by atoms with E-state index in [0.717, 1.165) is 24.8 Å². The minimum absolute atomic E-state index is 0.151. The summed E-state index contributed by atoms with van der Waals surface area (Å²) in [6, 6.07) is 5.02. The van der Waals surface area contributed by atoms with E-state index >= 15 is 0 Å². The average Bonchev–Trinajstić information content (AvgIpc) is 3.47. The van der Waals surface area contributed by atoms with Gasteiger partial charge in [-0.1, -0.05) is 6.07 Å². The molecular weight excluding hydrogens is 322 g/mol. The molecule has 1 aromatic rings. The van der Waals surface area contributed by atoms with Gasteiger partial charge in [0.1, 0.15) is 11.3 Å². The Morgan fingerprint density at radius 1 is 1.12 bits per heavy atom. The molecule has 0 aromatic heterocycles. The standard InChI is InChI=1S/C19H23NO5/c1-12-5-8-16(15(10-12)19(23)24-2)25-18(22)14-4-3-9-20(11-14)17(21)13-6-7-13/h5,8,10,13-14H,3-4,6-7,9,11H2,1-2H3/t14-/m1/s1. The lowest BCUT2D eigenvalue weighted by Gasteiger charge is -2.31. The number of rotatable bonds is 4. The lowest BCUT2D eigenvalue weighted by molar-refractivity contribution is -0.143. The molecule has 0 spiro atoms. The second kappa shape index (κ2) is 7.25. The maximum absolute atomic E-state index is 12.6. The number of carbonyl (C=O) groups excluding carboxylic acids is 3. The quantitative estimate of drug-likeness (QED) is 0.619. The summed E-state index contributed by atoms with van der Waals surface area (Å²) < 4.78 is 10.2. The highest BCUT2D eigenvalue weighted by atomic mass is 16.5. The van der Waals surface area contributed by atoms with Crippen LogP contribution in [0.25, 0.3) is 0 Å². The molecule has 2 fully saturated rings. The number of methoxy groups -OCH3 is 1. The Morgan fingerprint density at radius 3 is 2.56 bits per heavy atom. The van der Waals surface area contributed by atoms with Crippen LogP contribution >= 0.6 is 0 Å². The number of benzene rings is 1. The lowest BCUT2D eigenvalue weighted by Crippen LogP contribution is -2.44. The van der Waals surface area contributed by atoms with Crippen LogP contribution in [-0.4, -0.2) is 42.9 Å². The molecule has 1 atom stereocenters. The van der Waals surface area contributed by atoms with E-state index < -0.39 is 11.9 Å². The van der Waals surface area contributed by atoms with Crippen LogP contribution in [0.15, 0.2) is 18.2 Å². The Balaban J connectivity index is 1.69. The molecule has 6 nitrogen and oxygen atoms in total. The van der Waals surface area contributed by atoms with Crippen molar-refractivity contribution in [3.05, 3.63) is 29.3 Å². The monoisotopic (exact) mass is 345 g/mol. The molecule has 1 saturated heterocycles. The molecule has 0 bridgehead atoms. The predicted octanol–water partition coefficient (Wildman–Crippen LogP) is 2.34. The van der Waals surface area contributed by atoms with Crippen LogP contribution in [-0.2, 0) is 14.3 Å². The van der Waals surface area contributed by atoms with Gasteiger partial charge < -0.3 is 14.4 Å². The summed E-state index contributed by atoms with van der Waals surface area (Å²) in [5.41, 5.74) is 1.11. The minimum atomic E-state index is -0.541. The highest BCUT2D eigenvalue weighted by Crippen LogP contribution is 2.33. The van der Waals surface area contributed by atoms with Crippen molar-refractivity contribution in [2.75, 3.05) is 20.2 Å². The zero-order valence-electron chi connectivity index (χ0n) is 14.6. The van der Waals surface area contributed by atoms with Crippen LogP contribution in [0, 0.1) is 18.8 Å². The summed E-state index contributed by atoms with van der Waals surface area (Å²) in [4.78, 5) is 38.5. The number of likely N-dealkylation sites (tertiary alicyclic amines) is 1. The van der Waals surface area contributed by atoms with E-state index in [1.54, 1.807) is 23.1 Å². The summed E-state index contributed by atoms with van der Waals surface area (Å²) in [5.74, 6) is -0.791. The second-order valence-corrected chi connectivity index (χ2v) is 6.81. The largest absolute Gasteiger partial charge is 0.465 e. The smallest absolute Gasteiger partial charge is 0.341 e. The minimum Gasteiger partial charge on any atom is -0.465 e. The third kappa shape index (κ3) is 4.00. The summed E-state index contributed by atoms with van der Waals surface area (Å²) in [5, 5.41) is 0. The van der Waals surface area contributed by atoms with Gasteiger partial charge in [0.15, 0.2) is 0 Å². The van der Waals surface area contributed by atoms with E-state index in [9.17, 15) is 14.4 Å². The van der Waals surface area contributed by atoms with Crippen LogP contribution in [0.3, 0.4) is 0 Å². The summed E-state index contributed by atoms with van der Waals surface area (Å²) in [6.45, 7) is 2.95. The number of nitrogens with zero attached hydrogens (tertiary/aromatic N) is 1. The van der Waals surface area contributed by atoms with E-state index in [-0.39, 0.29) is 29.1 Å². The van der Waals surface area contributed by atoms with Crippen molar-refractivity contribution >= 4 is 17.8 Å². The van der Waals surface area contributed by atoms with Crippen LogP contribution < -0.4 is 4.74 Å². The van der Waals surface area contributed by atoms with Gasteiger partial charge in [-0.15, -0.1) is 0 Å². The fourth-order valence-corrected chi connectivity index (χ4v) is 3.15. The van der Waals surface area contributed by atoms with Gasteiger partial charge in [0.25, 0.3) is 0 Å². The zero-order valence-corrected chi connectivity index (χ0v) is 14.6. The predicted molar refractivity (Wildman–Crippen MR) is 90.2 cm³/mol. The Morgan fingerprint density at radius 2 is 1.88 bits per heavy atom. The van der Waals surface area contributed by atoms with Crippen molar-refractivity contribution in [1.82, 2.24) is 4.90 Å². The van der Waals surface area contributed by atoms with Gasteiger partial charge in [0.2, 0.25) is 5.91 Å². The zero-order chi connectivity index (χ0) is 18.0. The molecular formula is C19H23NO5. The van der Waals surface area contributed by atoms with Gasteiger partial charge in [-0.2, -0.15) is 0 Å². The Bertz CT molecular complexity index is 695. The maximum atomic E-state index is 12.6. The first-order valence-corrected chi connectivity index (χ1v) is 8.69. The SMILES string of the molecule is COC(=O)c1cc(C)ccc1OC(=O)[C@@H]1CCCN(C(=O)C2CC2)C1. The first kappa shape index (κ1) is 17.5. The highest BCUT2D eigenvalue weighted by Gasteiger charge is 2.37. The summed E-state index contributed by atoms with van der Waals surface area (Å²) in [6.07, 6.45) is 3.38. The molecule has 0 unspecified atom stereocenters. The third-order valence-corrected chi connectivity index (χ3v) is 4.74. The van der Waals surface area contributed by atoms with Crippen molar-refractivity contribution < 1.29 is 23.9 Å². The topological polar surface area (TPSA) is 72.9 Å². The van der Waals surface area contributed by atoms with Gasteiger partial charge in [0, 0.05) is 19.0 Å². The highest BCUT2D eigenvalue weighted by molar-refractivity contribution is 5.94. The van der Waals surface area contributed by atoms with Crippen molar-refractivity contribution in [3.8, 4) is 5.75 Å². The molecule has 1 aliphatic carbocycles. The van der Waals surface area contributed by atoms with Gasteiger partial charge in [-0.3, -0.25) is 9.59 Å². The number of hydrogen-bond acceptors (Lipinski definition) is 5. The molecule has 0 N–H and O–H groups in total. The summed E-state index contributed by atoms with van der Waals surface area (Å²) in [7, 11) is 1.29. The van der Waals surface area contributed by atoms with Crippen molar-refractivity contribution in [1.29, 1.82) is 0 Å². The number of hydrogen-bond donors (Lipinski definition) is 0. The fourth-order valence-electron chi connectivity index (χ4n) is 3.15. The fraction of sp³-hybridized carbons (Fsp3) is 0.526. The second-order valence-electron chi connectivity index (χ2n) is 6.81.